The molecule has 0 aromatic heterocycles. The van der Waals surface area contributed by atoms with Gasteiger partial charge in [0, 0.05) is 0 Å². The number of hydrogen-bond acceptors (Lipinski definition) is 0. The summed E-state index contributed by atoms with van der Waals surface area (Å²) < 4.78 is 0. The molecule has 0 amide bonds. The first-order chi connectivity index (χ1) is 67.9. The van der Waals surface area contributed by atoms with Gasteiger partial charge in [-0.2, -0.15) is 0 Å². The minimum Gasteiger partial charge on any atom is -0.0683 e. The zero-order chi connectivity index (χ0) is 107. The van der Waals surface area contributed by atoms with Crippen molar-refractivity contribution in [3.05, 3.63) is 405 Å². The summed E-state index contributed by atoms with van der Waals surface area (Å²) in [6, 6.07) is 116. The lowest BCUT2D eigenvalue weighted by Crippen LogP contribution is -1.85. The summed E-state index contributed by atoms with van der Waals surface area (Å²) in [6.07, 6.45) is 6.55. The SMILES string of the molecule is CC.CC.CC.CC.CC.CC.CC.CC.CC.CC.CC.CC.CC.CC.CC.CC.CC.CC.CC.CC.CC.CC.Cc1ccc2c(c1)-c1ccccc1C2.Cc1cccc2c1-c1ccccc1C2.Cc1cccc2c1Cc1ccccc1-2.c1ccc(-c2ccc3c(c2)-c2ccccc2C3)cc1.c1ccc(-c2cccc3c2-c2ccccc2C3)cc1.c1ccc2c(c1)Cc1ccccc1-2. The van der Waals surface area contributed by atoms with Gasteiger partial charge in [0.1, 0.15) is 0 Å². The highest BCUT2D eigenvalue weighted by Crippen LogP contribution is 2.45. The molecule has 0 unspecified atom stereocenters. The standard InChI is InChI=1S/2C19H14.3C14H12.C13H10.22C2H6/c1-2-7-14(8-3-1)17-12-6-10-16-13-15-9-4-5-11-18(15)19(16)17;1-2-6-14(7-3-1)15-10-11-17-12-16-8-4-5-9-18(16)19(17)13-15;1-10-5-4-7-12-9-11-6-2-3-8-13(11)14(10)12;1-10-5-4-8-13-12-7-3-2-6-11(12)9-14(10)13;1-10-6-7-12-9-11-4-2-3-5-13(11)14(12)8-10;1-3-7-12-10(5-1)9-11-6-2-4-8-13(11)12;22*1-2/h1-12H,13H2;1-11,13H,12H2;3*2-8H,9H2,1H3;1-8H,9H2;22*1-2H3. The van der Waals surface area contributed by atoms with Crippen LogP contribution in [0.25, 0.3) is 89.0 Å². The molecule has 0 aliphatic heterocycles. The lowest BCUT2D eigenvalue weighted by atomic mass is 9.94. The van der Waals surface area contributed by atoms with E-state index in [0.717, 1.165) is 38.5 Å². The molecule has 0 atom stereocenters. The molecule has 754 valence electrons. The molecule has 0 heteroatoms. The third kappa shape index (κ3) is 44.6. The van der Waals surface area contributed by atoms with Crippen LogP contribution < -0.4 is 0 Å². The maximum absolute atomic E-state index is 2.33. The third-order valence-corrected chi connectivity index (χ3v) is 19.6. The van der Waals surface area contributed by atoms with Crippen molar-refractivity contribution in [3.8, 4) is 89.0 Å². The average molecular weight is 1850 g/mol. The highest BCUT2D eigenvalue weighted by molar-refractivity contribution is 5.91. The van der Waals surface area contributed by atoms with Crippen molar-refractivity contribution >= 4 is 0 Å². The highest BCUT2D eigenvalue weighted by Gasteiger charge is 2.24. The topological polar surface area (TPSA) is 0 Å². The molecule has 20 rings (SSSR count). The zero-order valence-electron chi connectivity index (χ0n) is 97.3. The summed E-state index contributed by atoms with van der Waals surface area (Å²) in [5.41, 5.74) is 44.0. The maximum Gasteiger partial charge on any atom is -0.00108 e. The lowest BCUT2D eigenvalue weighted by Gasteiger charge is -2.09. The number of aryl methyl sites for hydroxylation is 3. The Balaban J connectivity index is -0.000000225. The third-order valence-electron chi connectivity index (χ3n) is 19.6. The van der Waals surface area contributed by atoms with Crippen molar-refractivity contribution in [1.82, 2.24) is 0 Å². The number of benzene rings is 14. The first kappa shape index (κ1) is 141. The van der Waals surface area contributed by atoms with E-state index in [9.17, 15) is 0 Å². The molecule has 0 saturated carbocycles. The molecule has 0 fully saturated rings. The van der Waals surface area contributed by atoms with Crippen LogP contribution in [0.3, 0.4) is 0 Å². The van der Waals surface area contributed by atoms with E-state index in [1.807, 2.05) is 305 Å². The van der Waals surface area contributed by atoms with Crippen molar-refractivity contribution in [2.24, 2.45) is 0 Å². The van der Waals surface area contributed by atoms with Crippen LogP contribution >= 0.6 is 0 Å². The molecule has 6 aliphatic rings. The van der Waals surface area contributed by atoms with E-state index in [1.54, 1.807) is 0 Å². The second-order valence-corrected chi connectivity index (χ2v) is 25.5. The molecule has 0 nitrogen and oxygen atoms in total. The largest absolute Gasteiger partial charge is 0.0683 e. The minimum atomic E-state index is 1.06. The van der Waals surface area contributed by atoms with Crippen LogP contribution in [0.1, 0.15) is 388 Å². The van der Waals surface area contributed by atoms with E-state index in [-0.39, 0.29) is 0 Å². The van der Waals surface area contributed by atoms with Gasteiger partial charge in [-0.25, -0.2) is 0 Å². The quantitative estimate of drug-likeness (QED) is 0.162. The van der Waals surface area contributed by atoms with Gasteiger partial charge >= 0.3 is 0 Å². The van der Waals surface area contributed by atoms with E-state index in [2.05, 4.69) is 342 Å². The van der Waals surface area contributed by atoms with Crippen molar-refractivity contribution < 1.29 is 0 Å². The van der Waals surface area contributed by atoms with Crippen LogP contribution in [0.5, 0.6) is 0 Å². The molecule has 6 aliphatic carbocycles. The summed E-state index contributed by atoms with van der Waals surface area (Å²) in [4.78, 5) is 0. The van der Waals surface area contributed by atoms with Crippen LogP contribution in [0, 0.1) is 20.8 Å². The van der Waals surface area contributed by atoms with E-state index < -0.39 is 0 Å². The summed E-state index contributed by atoms with van der Waals surface area (Å²) in [7, 11) is 0. The molecule has 0 heterocycles. The fraction of sp³-hybridized carbons (Fsp3) is 0.387. The molecule has 137 heavy (non-hydrogen) atoms. The first-order valence-corrected chi connectivity index (χ1v) is 55.1. The Labute approximate surface area is 852 Å². The second kappa shape index (κ2) is 96.8. The van der Waals surface area contributed by atoms with E-state index in [0.29, 0.717) is 0 Å². The predicted octanol–water partition coefficient (Wildman–Crippen LogP) is 46.4. The van der Waals surface area contributed by atoms with Gasteiger partial charge in [-0.1, -0.05) is 626 Å². The molecule has 14 aromatic carbocycles. The summed E-state index contributed by atoms with van der Waals surface area (Å²) in [5.74, 6) is 0. The Morgan fingerprint density at radius 3 is 0.708 bits per heavy atom. The fourth-order valence-electron chi connectivity index (χ4n) is 15.0. The van der Waals surface area contributed by atoms with Gasteiger partial charge in [0.15, 0.2) is 0 Å². The van der Waals surface area contributed by atoms with Crippen LogP contribution in [-0.2, 0) is 38.5 Å². The normalized spacial score (nSPS) is 9.25. The van der Waals surface area contributed by atoms with Crippen molar-refractivity contribution in [2.75, 3.05) is 0 Å². The average Bonchev–Trinajstić information content (AvgIpc) is 1.62. The van der Waals surface area contributed by atoms with Crippen molar-refractivity contribution in [1.29, 1.82) is 0 Å². The van der Waals surface area contributed by atoms with Gasteiger partial charge < -0.3 is 0 Å². The first-order valence-electron chi connectivity index (χ1n) is 55.1. The Hall–Kier alpha value is -10.9. The van der Waals surface area contributed by atoms with Crippen LogP contribution in [0.15, 0.2) is 322 Å². The number of hydrogen-bond donors (Lipinski definition) is 0. The maximum atomic E-state index is 2.33. The number of fused-ring (bicyclic) bond motifs is 18. The van der Waals surface area contributed by atoms with E-state index in [4.69, 9.17) is 0 Å². The number of rotatable bonds is 2. The summed E-state index contributed by atoms with van der Waals surface area (Å²) >= 11 is 0. The van der Waals surface area contributed by atoms with Crippen LogP contribution in [0.2, 0.25) is 0 Å². The minimum absolute atomic E-state index is 1.06. The molecule has 0 bridgehead atoms. The molecule has 0 N–H and O–H groups in total. The summed E-state index contributed by atoms with van der Waals surface area (Å²) in [5, 5.41) is 0. The van der Waals surface area contributed by atoms with Gasteiger partial charge in [0.2, 0.25) is 0 Å². The van der Waals surface area contributed by atoms with Crippen LogP contribution in [-0.4, -0.2) is 0 Å². The van der Waals surface area contributed by atoms with Crippen LogP contribution in [0.4, 0.5) is 0 Å². The van der Waals surface area contributed by atoms with Gasteiger partial charge in [-0.05, 0) is 232 Å². The fourth-order valence-corrected chi connectivity index (χ4v) is 15.0. The van der Waals surface area contributed by atoms with Gasteiger partial charge in [-0.15, -0.1) is 0 Å². The highest BCUT2D eigenvalue weighted by atomic mass is 14.3. The summed E-state index contributed by atoms with van der Waals surface area (Å²) in [6.45, 7) is 94.5. The monoisotopic (exact) mass is 1850 g/mol. The van der Waals surface area contributed by atoms with E-state index in [1.165, 1.54) is 172 Å². The molecule has 0 saturated heterocycles. The molecular weight excluding hydrogens is 1650 g/mol. The smallest absolute Gasteiger partial charge is 0.00108 e. The molecule has 14 aromatic rings. The molecule has 0 radical (unpaired) electrons. The molecule has 0 spiro atoms. The Morgan fingerprint density at radius 1 is 0.124 bits per heavy atom. The van der Waals surface area contributed by atoms with Gasteiger partial charge in [0.05, 0.1) is 0 Å². The van der Waals surface area contributed by atoms with Gasteiger partial charge in [0.25, 0.3) is 0 Å². The van der Waals surface area contributed by atoms with Crippen molar-refractivity contribution in [3.63, 3.8) is 0 Å². The molecular formula is C137H206. The van der Waals surface area contributed by atoms with E-state index >= 15 is 0 Å². The lowest BCUT2D eigenvalue weighted by molar-refractivity contribution is 1.22. The predicted molar refractivity (Wildman–Crippen MR) is 643 cm³/mol. The van der Waals surface area contributed by atoms with Crippen molar-refractivity contribution in [2.45, 2.75) is 364 Å². The zero-order valence-corrected chi connectivity index (χ0v) is 97.3. The Kier molecular flexibility index (Phi) is 99.9. The second-order valence-electron chi connectivity index (χ2n) is 25.5. The Morgan fingerprint density at radius 2 is 0.343 bits per heavy atom. The van der Waals surface area contributed by atoms with Gasteiger partial charge in [-0.3, -0.25) is 0 Å². The Bertz CT molecular complexity index is 5000.